The smallest absolute Gasteiger partial charge is 0.233 e. The number of piperidine rings is 1. The summed E-state index contributed by atoms with van der Waals surface area (Å²) >= 11 is 1.47. The molecule has 1 atom stereocenters. The molecule has 2 aromatic heterocycles. The maximum Gasteiger partial charge on any atom is 0.233 e. The minimum Gasteiger partial charge on any atom is -0.348 e. The molecule has 1 aromatic carbocycles. The summed E-state index contributed by atoms with van der Waals surface area (Å²) in [5.41, 5.74) is 3.16. The average molecular weight is 355 g/mol. The van der Waals surface area contributed by atoms with Crippen molar-refractivity contribution in [3.05, 3.63) is 42.0 Å². The number of aryl methyl sites for hydroxylation is 1. The standard InChI is InChI=1S/C18H21N5OS/c1-12-4-5-14-15(9-12)22-18(21-14)25-11-16(24)23-8-2-3-13(10-23)17-19-6-7-20-17/h4-7,9,13H,2-3,8,10-11H2,1H3,(H,19,20)(H,21,22)/t13-/m1/s1. The van der Waals surface area contributed by atoms with Crippen LogP contribution in [0, 0.1) is 6.92 Å². The van der Waals surface area contributed by atoms with E-state index in [1.54, 1.807) is 6.20 Å². The Balaban J connectivity index is 1.37. The molecule has 1 amide bonds. The molecular weight excluding hydrogens is 334 g/mol. The lowest BCUT2D eigenvalue weighted by Crippen LogP contribution is -2.40. The van der Waals surface area contributed by atoms with Gasteiger partial charge >= 0.3 is 0 Å². The van der Waals surface area contributed by atoms with Crippen LogP contribution in [0.1, 0.15) is 30.1 Å². The number of rotatable bonds is 4. The van der Waals surface area contributed by atoms with E-state index in [9.17, 15) is 4.79 Å². The topological polar surface area (TPSA) is 77.7 Å². The number of nitrogens with one attached hydrogen (secondary N) is 2. The molecule has 2 N–H and O–H groups in total. The van der Waals surface area contributed by atoms with Crippen LogP contribution in [0.25, 0.3) is 11.0 Å². The number of hydrogen-bond donors (Lipinski definition) is 2. The Morgan fingerprint density at radius 3 is 3.20 bits per heavy atom. The first kappa shape index (κ1) is 16.2. The molecule has 0 bridgehead atoms. The zero-order valence-electron chi connectivity index (χ0n) is 14.2. The second-order valence-corrected chi connectivity index (χ2v) is 7.47. The second-order valence-electron chi connectivity index (χ2n) is 6.50. The Morgan fingerprint density at radius 1 is 1.44 bits per heavy atom. The Labute approximate surface area is 150 Å². The number of H-pyrrole nitrogens is 2. The zero-order valence-corrected chi connectivity index (χ0v) is 15.0. The number of carbonyl (C=O) groups is 1. The predicted molar refractivity (Wildman–Crippen MR) is 98.7 cm³/mol. The number of amides is 1. The molecular formula is C18H21N5OS. The quantitative estimate of drug-likeness (QED) is 0.705. The van der Waals surface area contributed by atoms with Crippen molar-refractivity contribution in [3.63, 3.8) is 0 Å². The molecule has 0 aliphatic carbocycles. The summed E-state index contributed by atoms with van der Waals surface area (Å²) in [5.74, 6) is 1.87. The van der Waals surface area contributed by atoms with Crippen LogP contribution in [0.2, 0.25) is 0 Å². The molecule has 0 unspecified atom stereocenters. The van der Waals surface area contributed by atoms with Gasteiger partial charge < -0.3 is 14.9 Å². The average Bonchev–Trinajstić information content (AvgIpc) is 3.29. The van der Waals surface area contributed by atoms with Crippen LogP contribution < -0.4 is 0 Å². The third-order valence-electron chi connectivity index (χ3n) is 4.63. The number of carbonyl (C=O) groups excluding carboxylic acids is 1. The van der Waals surface area contributed by atoms with Crippen LogP contribution in [0.15, 0.2) is 35.7 Å². The van der Waals surface area contributed by atoms with E-state index in [0.29, 0.717) is 11.7 Å². The van der Waals surface area contributed by atoms with Gasteiger partial charge in [0.05, 0.1) is 16.8 Å². The lowest BCUT2D eigenvalue weighted by Gasteiger charge is -2.31. The van der Waals surface area contributed by atoms with Crippen molar-refractivity contribution >= 4 is 28.7 Å². The molecule has 1 aliphatic rings. The predicted octanol–water partition coefficient (Wildman–Crippen LogP) is 3.09. The van der Waals surface area contributed by atoms with Crippen LogP contribution >= 0.6 is 11.8 Å². The molecule has 6 nitrogen and oxygen atoms in total. The molecule has 0 radical (unpaired) electrons. The number of likely N-dealkylation sites (tertiary alicyclic amines) is 1. The SMILES string of the molecule is Cc1ccc2nc(SCC(=O)N3CCC[C@@H](c4ncc[nH]4)C3)[nH]c2c1. The number of thioether (sulfide) groups is 1. The monoisotopic (exact) mass is 355 g/mol. The van der Waals surface area contributed by atoms with Crippen molar-refractivity contribution < 1.29 is 4.79 Å². The largest absolute Gasteiger partial charge is 0.348 e. The van der Waals surface area contributed by atoms with Crippen molar-refractivity contribution in [3.8, 4) is 0 Å². The molecule has 3 heterocycles. The third kappa shape index (κ3) is 3.56. The minimum atomic E-state index is 0.165. The molecule has 7 heteroatoms. The molecule has 1 saturated heterocycles. The lowest BCUT2D eigenvalue weighted by molar-refractivity contribution is -0.129. The van der Waals surface area contributed by atoms with Gasteiger partial charge in [0, 0.05) is 31.4 Å². The van der Waals surface area contributed by atoms with Gasteiger partial charge in [-0.15, -0.1) is 0 Å². The number of aromatic nitrogens is 4. The van der Waals surface area contributed by atoms with Crippen LogP contribution in [-0.4, -0.2) is 49.6 Å². The van der Waals surface area contributed by atoms with Gasteiger partial charge in [0.15, 0.2) is 5.16 Å². The summed E-state index contributed by atoms with van der Waals surface area (Å²) in [7, 11) is 0. The Morgan fingerprint density at radius 2 is 2.36 bits per heavy atom. The van der Waals surface area contributed by atoms with Crippen molar-refractivity contribution in [1.29, 1.82) is 0 Å². The lowest BCUT2D eigenvalue weighted by atomic mass is 9.97. The minimum absolute atomic E-state index is 0.165. The van der Waals surface area contributed by atoms with E-state index in [2.05, 4.69) is 32.9 Å². The van der Waals surface area contributed by atoms with Crippen molar-refractivity contribution in [2.75, 3.05) is 18.8 Å². The van der Waals surface area contributed by atoms with Crippen molar-refractivity contribution in [1.82, 2.24) is 24.8 Å². The number of imidazole rings is 2. The summed E-state index contributed by atoms with van der Waals surface area (Å²) < 4.78 is 0. The molecule has 0 saturated carbocycles. The molecule has 1 fully saturated rings. The van der Waals surface area contributed by atoms with Gasteiger partial charge in [-0.2, -0.15) is 0 Å². The van der Waals surface area contributed by atoms with Crippen LogP contribution in [0.4, 0.5) is 0 Å². The highest BCUT2D eigenvalue weighted by molar-refractivity contribution is 7.99. The first-order valence-electron chi connectivity index (χ1n) is 8.55. The van der Waals surface area contributed by atoms with Crippen molar-refractivity contribution in [2.24, 2.45) is 0 Å². The van der Waals surface area contributed by atoms with Gasteiger partial charge in [0.2, 0.25) is 5.91 Å². The fraction of sp³-hybridized carbons (Fsp3) is 0.389. The van der Waals surface area contributed by atoms with Crippen molar-refractivity contribution in [2.45, 2.75) is 30.8 Å². The van der Waals surface area contributed by atoms with Gasteiger partial charge in [0.25, 0.3) is 0 Å². The van der Waals surface area contributed by atoms with Crippen LogP contribution in [-0.2, 0) is 4.79 Å². The Hall–Kier alpha value is -2.28. The number of fused-ring (bicyclic) bond motifs is 1. The molecule has 0 spiro atoms. The number of benzene rings is 1. The zero-order chi connectivity index (χ0) is 17.2. The highest BCUT2D eigenvalue weighted by atomic mass is 32.2. The number of hydrogen-bond acceptors (Lipinski definition) is 4. The van der Waals surface area contributed by atoms with E-state index in [1.807, 2.05) is 23.2 Å². The number of aromatic amines is 2. The maximum absolute atomic E-state index is 12.6. The van der Waals surface area contributed by atoms with E-state index in [1.165, 1.54) is 17.3 Å². The molecule has 4 rings (SSSR count). The summed E-state index contributed by atoms with van der Waals surface area (Å²) in [6, 6.07) is 6.13. The first-order valence-corrected chi connectivity index (χ1v) is 9.54. The van der Waals surface area contributed by atoms with E-state index >= 15 is 0 Å². The first-order chi connectivity index (χ1) is 12.2. The van der Waals surface area contributed by atoms with E-state index < -0.39 is 0 Å². The highest BCUT2D eigenvalue weighted by Crippen LogP contribution is 2.26. The fourth-order valence-corrected chi connectivity index (χ4v) is 4.11. The Bertz CT molecular complexity index is 873. The van der Waals surface area contributed by atoms with E-state index in [-0.39, 0.29) is 5.91 Å². The summed E-state index contributed by atoms with van der Waals surface area (Å²) in [6.07, 6.45) is 5.71. The Kier molecular flexibility index (Phi) is 4.48. The fourth-order valence-electron chi connectivity index (χ4n) is 3.32. The van der Waals surface area contributed by atoms with Gasteiger partial charge in [0.1, 0.15) is 5.82 Å². The molecule has 25 heavy (non-hydrogen) atoms. The second kappa shape index (κ2) is 6.92. The molecule has 1 aliphatic heterocycles. The molecule has 3 aromatic rings. The maximum atomic E-state index is 12.6. The molecule has 130 valence electrons. The normalized spacial score (nSPS) is 18.0. The van der Waals surface area contributed by atoms with Crippen LogP contribution in [0.5, 0.6) is 0 Å². The van der Waals surface area contributed by atoms with Gasteiger partial charge in [-0.05, 0) is 37.5 Å². The van der Waals surface area contributed by atoms with Gasteiger partial charge in [-0.25, -0.2) is 9.97 Å². The van der Waals surface area contributed by atoms with Gasteiger partial charge in [-0.1, -0.05) is 17.8 Å². The van der Waals surface area contributed by atoms with Crippen LogP contribution in [0.3, 0.4) is 0 Å². The summed E-state index contributed by atoms with van der Waals surface area (Å²) in [4.78, 5) is 29.9. The highest BCUT2D eigenvalue weighted by Gasteiger charge is 2.26. The van der Waals surface area contributed by atoms with E-state index in [0.717, 1.165) is 47.9 Å². The van der Waals surface area contributed by atoms with E-state index in [4.69, 9.17) is 0 Å². The summed E-state index contributed by atoms with van der Waals surface area (Å²) in [6.45, 7) is 3.63. The number of nitrogens with zero attached hydrogens (tertiary/aromatic N) is 3. The third-order valence-corrected chi connectivity index (χ3v) is 5.49. The van der Waals surface area contributed by atoms with Gasteiger partial charge in [-0.3, -0.25) is 4.79 Å². The summed E-state index contributed by atoms with van der Waals surface area (Å²) in [5, 5.41) is 0.800.